The van der Waals surface area contributed by atoms with Gasteiger partial charge in [-0.3, -0.25) is 5.32 Å². The molecular weight excluding hydrogens is 282 g/mol. The van der Waals surface area contributed by atoms with Gasteiger partial charge in [-0.15, -0.1) is 0 Å². The summed E-state index contributed by atoms with van der Waals surface area (Å²) in [5, 5.41) is 3.50. The molecule has 0 saturated carbocycles. The number of rotatable bonds is 6. The Bertz CT molecular complexity index is 487. The number of benzene rings is 1. The molecule has 1 unspecified atom stereocenters. The predicted molar refractivity (Wildman–Crippen MR) is 87.2 cm³/mol. The molecule has 3 nitrogen and oxygen atoms in total. The molecule has 21 heavy (non-hydrogen) atoms. The van der Waals surface area contributed by atoms with E-state index in [0.29, 0.717) is 18.6 Å². The summed E-state index contributed by atoms with van der Waals surface area (Å²) in [5.74, 6) is 0.677. The molecule has 2 aliphatic rings. The van der Waals surface area contributed by atoms with Crippen LogP contribution in [-0.4, -0.2) is 29.6 Å². The normalized spacial score (nSPS) is 34.0. The van der Waals surface area contributed by atoms with Gasteiger partial charge in [-0.2, -0.15) is 11.8 Å². The molecule has 116 valence electrons. The first-order chi connectivity index (χ1) is 9.91. The van der Waals surface area contributed by atoms with Crippen LogP contribution in [0, 0.1) is 5.41 Å². The Balaban J connectivity index is 1.49. The zero-order valence-corrected chi connectivity index (χ0v) is 14.0. The van der Waals surface area contributed by atoms with Crippen LogP contribution in [0.4, 0.5) is 0 Å². The minimum atomic E-state index is -0.549. The van der Waals surface area contributed by atoms with E-state index in [1.807, 2.05) is 18.2 Å². The molecule has 2 aliphatic heterocycles. The summed E-state index contributed by atoms with van der Waals surface area (Å²) in [4.78, 5) is 0. The lowest BCUT2D eigenvalue weighted by atomic mass is 9.85. The maximum atomic E-state index is 5.94. The molecule has 0 amide bonds. The first-order valence-corrected chi connectivity index (χ1v) is 8.60. The fourth-order valence-electron chi connectivity index (χ4n) is 3.00. The largest absolute Gasteiger partial charge is 0.331 e. The number of hydrogen-bond acceptors (Lipinski definition) is 4. The average molecular weight is 307 g/mol. The molecule has 1 N–H and O–H groups in total. The van der Waals surface area contributed by atoms with Gasteiger partial charge in [0, 0.05) is 11.3 Å². The Kier molecular flexibility index (Phi) is 4.08. The standard InChI is InChI=1S/C17H25NO2S/c1-15(2)10-16(3,21-13-15)11-18-17(12-20-17)19-9-14-7-5-4-6-8-14/h4-8,18H,9-13H2,1-3H3/t16-,17?/m0/s1. The summed E-state index contributed by atoms with van der Waals surface area (Å²) in [5.41, 5.74) is 1.61. The van der Waals surface area contributed by atoms with E-state index in [1.54, 1.807) is 0 Å². The van der Waals surface area contributed by atoms with Gasteiger partial charge in [0.25, 0.3) is 5.91 Å². The van der Waals surface area contributed by atoms with Crippen molar-refractivity contribution in [1.82, 2.24) is 5.32 Å². The van der Waals surface area contributed by atoms with Crippen LogP contribution in [0.25, 0.3) is 0 Å². The van der Waals surface area contributed by atoms with Gasteiger partial charge < -0.3 is 9.47 Å². The molecule has 1 aromatic carbocycles. The highest BCUT2D eigenvalue weighted by Gasteiger charge is 2.49. The quantitative estimate of drug-likeness (QED) is 0.645. The van der Waals surface area contributed by atoms with Gasteiger partial charge in [0.05, 0.1) is 6.61 Å². The Labute approximate surface area is 131 Å². The van der Waals surface area contributed by atoms with Crippen molar-refractivity contribution in [2.45, 2.75) is 44.5 Å². The van der Waals surface area contributed by atoms with E-state index in [0.717, 1.165) is 6.54 Å². The fraction of sp³-hybridized carbons (Fsp3) is 0.647. The van der Waals surface area contributed by atoms with Gasteiger partial charge in [-0.05, 0) is 30.1 Å². The van der Waals surface area contributed by atoms with E-state index < -0.39 is 5.91 Å². The summed E-state index contributed by atoms with van der Waals surface area (Å²) >= 11 is 2.06. The van der Waals surface area contributed by atoms with Crippen LogP contribution in [0.15, 0.2) is 30.3 Å². The van der Waals surface area contributed by atoms with Crippen molar-refractivity contribution < 1.29 is 9.47 Å². The van der Waals surface area contributed by atoms with Gasteiger partial charge >= 0.3 is 0 Å². The zero-order chi connectivity index (χ0) is 15.0. The summed E-state index contributed by atoms with van der Waals surface area (Å²) < 4.78 is 11.7. The molecule has 0 aromatic heterocycles. The van der Waals surface area contributed by atoms with Crippen molar-refractivity contribution in [3.05, 3.63) is 35.9 Å². The van der Waals surface area contributed by atoms with Crippen LogP contribution in [0.2, 0.25) is 0 Å². The average Bonchev–Trinajstić information content (AvgIpc) is 3.17. The zero-order valence-electron chi connectivity index (χ0n) is 13.1. The summed E-state index contributed by atoms with van der Waals surface area (Å²) in [6.45, 7) is 9.19. The lowest BCUT2D eigenvalue weighted by Gasteiger charge is -2.27. The number of nitrogens with one attached hydrogen (secondary N) is 1. The van der Waals surface area contributed by atoms with Crippen molar-refractivity contribution in [2.75, 3.05) is 18.9 Å². The third kappa shape index (κ3) is 4.01. The highest BCUT2D eigenvalue weighted by molar-refractivity contribution is 8.01. The number of hydrogen-bond donors (Lipinski definition) is 1. The molecule has 2 fully saturated rings. The topological polar surface area (TPSA) is 33.8 Å². The van der Waals surface area contributed by atoms with Crippen LogP contribution in [0.3, 0.4) is 0 Å². The molecule has 1 aromatic rings. The fourth-order valence-corrected chi connectivity index (χ4v) is 4.50. The number of epoxide rings is 1. The maximum Gasteiger partial charge on any atom is 0.252 e. The third-order valence-corrected chi connectivity index (χ3v) is 6.03. The molecule has 0 spiro atoms. The lowest BCUT2D eigenvalue weighted by Crippen LogP contribution is -2.44. The van der Waals surface area contributed by atoms with Crippen LogP contribution in [-0.2, 0) is 16.1 Å². The van der Waals surface area contributed by atoms with Crippen molar-refractivity contribution in [3.63, 3.8) is 0 Å². The first kappa shape index (κ1) is 15.3. The van der Waals surface area contributed by atoms with Gasteiger partial charge in [0.1, 0.15) is 6.61 Å². The maximum absolute atomic E-state index is 5.94. The molecule has 2 saturated heterocycles. The van der Waals surface area contributed by atoms with Gasteiger partial charge in [-0.25, -0.2) is 0 Å². The third-order valence-electron chi connectivity index (χ3n) is 4.12. The Morgan fingerprint density at radius 1 is 1.24 bits per heavy atom. The van der Waals surface area contributed by atoms with Crippen molar-refractivity contribution in [3.8, 4) is 0 Å². The Morgan fingerprint density at radius 3 is 2.52 bits per heavy atom. The van der Waals surface area contributed by atoms with Crippen molar-refractivity contribution >= 4 is 11.8 Å². The molecule has 0 radical (unpaired) electrons. The smallest absolute Gasteiger partial charge is 0.252 e. The van der Waals surface area contributed by atoms with Gasteiger partial charge in [-0.1, -0.05) is 44.2 Å². The summed E-state index contributed by atoms with van der Waals surface area (Å²) in [7, 11) is 0. The summed E-state index contributed by atoms with van der Waals surface area (Å²) in [6.07, 6.45) is 1.23. The van der Waals surface area contributed by atoms with E-state index in [4.69, 9.17) is 9.47 Å². The molecule has 0 aliphatic carbocycles. The van der Waals surface area contributed by atoms with E-state index in [1.165, 1.54) is 17.7 Å². The molecular formula is C17H25NO2S. The van der Waals surface area contributed by atoms with Crippen molar-refractivity contribution in [2.24, 2.45) is 5.41 Å². The monoisotopic (exact) mass is 307 g/mol. The second-order valence-corrected chi connectivity index (χ2v) is 8.81. The highest BCUT2D eigenvalue weighted by Crippen LogP contribution is 2.48. The second kappa shape index (κ2) is 5.58. The van der Waals surface area contributed by atoms with Crippen LogP contribution in [0.1, 0.15) is 32.8 Å². The lowest BCUT2D eigenvalue weighted by molar-refractivity contribution is -0.0780. The van der Waals surface area contributed by atoms with Crippen LogP contribution < -0.4 is 5.32 Å². The molecule has 3 rings (SSSR count). The van der Waals surface area contributed by atoms with E-state index >= 15 is 0 Å². The molecule has 0 bridgehead atoms. The Hall–Kier alpha value is -0.550. The minimum Gasteiger partial charge on any atom is -0.331 e. The number of ether oxygens (including phenoxy) is 2. The van der Waals surface area contributed by atoms with Crippen LogP contribution in [0.5, 0.6) is 0 Å². The molecule has 2 atom stereocenters. The number of thioether (sulfide) groups is 1. The summed E-state index contributed by atoms with van der Waals surface area (Å²) in [6, 6.07) is 10.2. The van der Waals surface area contributed by atoms with Crippen LogP contribution >= 0.6 is 11.8 Å². The minimum absolute atomic E-state index is 0.276. The predicted octanol–water partition coefficient (Wildman–Crippen LogP) is 3.40. The van der Waals surface area contributed by atoms with Gasteiger partial charge in [0.2, 0.25) is 0 Å². The van der Waals surface area contributed by atoms with Gasteiger partial charge in [0.15, 0.2) is 0 Å². The first-order valence-electron chi connectivity index (χ1n) is 7.61. The van der Waals surface area contributed by atoms with E-state index in [2.05, 4.69) is 50.0 Å². The Morgan fingerprint density at radius 2 is 1.95 bits per heavy atom. The van der Waals surface area contributed by atoms with E-state index in [9.17, 15) is 0 Å². The second-order valence-electron chi connectivity index (χ2n) is 7.25. The van der Waals surface area contributed by atoms with Crippen molar-refractivity contribution in [1.29, 1.82) is 0 Å². The molecule has 4 heteroatoms. The highest BCUT2D eigenvalue weighted by atomic mass is 32.2. The molecule has 2 heterocycles. The van der Waals surface area contributed by atoms with E-state index in [-0.39, 0.29) is 4.75 Å². The SMILES string of the molecule is CC1(C)CS[C@](C)(CNC2(OCc3ccccc3)CO2)C1.